The fraction of sp³-hybridized carbons (Fsp3) is 0.467. The Kier molecular flexibility index (Phi) is 4.81. The Balaban J connectivity index is 2.35. The highest BCUT2D eigenvalue weighted by atomic mass is 32.2. The van der Waals surface area contributed by atoms with Crippen molar-refractivity contribution < 1.29 is 13.5 Å². The summed E-state index contributed by atoms with van der Waals surface area (Å²) in [6, 6.07) is 6.70. The lowest BCUT2D eigenvalue weighted by Crippen LogP contribution is -2.29. The van der Waals surface area contributed by atoms with Crippen molar-refractivity contribution in [1.29, 1.82) is 0 Å². The van der Waals surface area contributed by atoms with Crippen LogP contribution in [0.25, 0.3) is 0 Å². The number of hydrogen-bond donors (Lipinski definition) is 1. The molecule has 1 atom stereocenters. The van der Waals surface area contributed by atoms with Crippen LogP contribution in [-0.4, -0.2) is 37.5 Å². The van der Waals surface area contributed by atoms with Gasteiger partial charge < -0.3 is 5.11 Å². The van der Waals surface area contributed by atoms with E-state index in [1.807, 2.05) is 0 Å². The van der Waals surface area contributed by atoms with Crippen LogP contribution in [0.1, 0.15) is 25.3 Å². The highest BCUT2D eigenvalue weighted by Gasteiger charge is 2.32. The van der Waals surface area contributed by atoms with Gasteiger partial charge in [0, 0.05) is 18.7 Å². The second-order valence-electron chi connectivity index (χ2n) is 4.88. The van der Waals surface area contributed by atoms with Gasteiger partial charge in [-0.1, -0.05) is 37.3 Å². The van der Waals surface area contributed by atoms with E-state index in [1.54, 1.807) is 28.6 Å². The van der Waals surface area contributed by atoms with Crippen molar-refractivity contribution in [2.75, 3.05) is 19.7 Å². The van der Waals surface area contributed by atoms with Gasteiger partial charge in [0.2, 0.25) is 10.0 Å². The summed E-state index contributed by atoms with van der Waals surface area (Å²) in [5.74, 6) is 5.67. The van der Waals surface area contributed by atoms with Crippen LogP contribution in [0.5, 0.6) is 0 Å². The van der Waals surface area contributed by atoms with Gasteiger partial charge in [0.25, 0.3) is 0 Å². The monoisotopic (exact) mass is 293 g/mol. The zero-order valence-electron chi connectivity index (χ0n) is 11.5. The third-order valence-electron chi connectivity index (χ3n) is 3.63. The Morgan fingerprint density at radius 2 is 2.15 bits per heavy atom. The van der Waals surface area contributed by atoms with Crippen LogP contribution in [-0.2, 0) is 10.0 Å². The average molecular weight is 293 g/mol. The van der Waals surface area contributed by atoms with Crippen molar-refractivity contribution in [1.82, 2.24) is 4.31 Å². The van der Waals surface area contributed by atoms with Gasteiger partial charge in [0.1, 0.15) is 6.61 Å². The molecule has 0 spiro atoms. The van der Waals surface area contributed by atoms with Crippen LogP contribution >= 0.6 is 0 Å². The van der Waals surface area contributed by atoms with Crippen molar-refractivity contribution >= 4 is 10.0 Å². The molecule has 1 aliphatic heterocycles. The van der Waals surface area contributed by atoms with Crippen molar-refractivity contribution in [2.45, 2.75) is 24.7 Å². The second kappa shape index (κ2) is 6.40. The Morgan fingerprint density at radius 3 is 2.80 bits per heavy atom. The van der Waals surface area contributed by atoms with Crippen molar-refractivity contribution in [3.05, 3.63) is 29.8 Å². The van der Waals surface area contributed by atoms with Gasteiger partial charge in [-0.2, -0.15) is 4.31 Å². The minimum absolute atomic E-state index is 0.234. The molecule has 0 aliphatic carbocycles. The topological polar surface area (TPSA) is 57.6 Å². The number of sulfonamides is 1. The van der Waals surface area contributed by atoms with Gasteiger partial charge in [-0.25, -0.2) is 8.42 Å². The van der Waals surface area contributed by atoms with E-state index in [0.29, 0.717) is 24.6 Å². The van der Waals surface area contributed by atoms with Gasteiger partial charge in [-0.15, -0.1) is 0 Å². The molecule has 4 nitrogen and oxygen atoms in total. The van der Waals surface area contributed by atoms with Crippen LogP contribution in [0.15, 0.2) is 29.2 Å². The molecule has 108 valence electrons. The Morgan fingerprint density at radius 1 is 1.40 bits per heavy atom. The van der Waals surface area contributed by atoms with Crippen LogP contribution in [0.3, 0.4) is 0 Å². The standard InChI is InChI=1S/C15H19NO3S/c1-2-13-9-10-16(12-13)20(18,19)15-8-4-3-6-14(15)7-5-11-17/h3-4,6,8,13,17H,2,9-12H2,1H3. The summed E-state index contributed by atoms with van der Waals surface area (Å²) in [5, 5.41) is 8.77. The van der Waals surface area contributed by atoms with E-state index >= 15 is 0 Å². The maximum atomic E-state index is 12.7. The number of benzene rings is 1. The van der Waals surface area contributed by atoms with E-state index < -0.39 is 10.0 Å². The second-order valence-corrected chi connectivity index (χ2v) is 6.79. The molecule has 1 aliphatic rings. The van der Waals surface area contributed by atoms with Gasteiger partial charge in [0.15, 0.2) is 0 Å². The summed E-state index contributed by atoms with van der Waals surface area (Å²) in [6.45, 7) is 2.96. The normalized spacial score (nSPS) is 19.6. The van der Waals surface area contributed by atoms with E-state index in [4.69, 9.17) is 5.11 Å². The fourth-order valence-electron chi connectivity index (χ4n) is 2.42. The molecule has 1 fully saturated rings. The van der Waals surface area contributed by atoms with E-state index in [0.717, 1.165) is 12.8 Å². The minimum Gasteiger partial charge on any atom is -0.384 e. The van der Waals surface area contributed by atoms with E-state index in [1.165, 1.54) is 0 Å². The Labute approximate surface area is 120 Å². The lowest BCUT2D eigenvalue weighted by molar-refractivity contribution is 0.350. The lowest BCUT2D eigenvalue weighted by Gasteiger charge is -2.17. The number of aliphatic hydroxyl groups is 1. The molecule has 1 saturated heterocycles. The first-order chi connectivity index (χ1) is 9.59. The minimum atomic E-state index is -3.49. The molecule has 20 heavy (non-hydrogen) atoms. The van der Waals surface area contributed by atoms with Crippen LogP contribution < -0.4 is 0 Å². The van der Waals surface area contributed by atoms with Gasteiger partial charge in [0.05, 0.1) is 4.90 Å². The maximum Gasteiger partial charge on any atom is 0.244 e. The van der Waals surface area contributed by atoms with E-state index in [9.17, 15) is 8.42 Å². The predicted molar refractivity (Wildman–Crippen MR) is 77.6 cm³/mol. The summed E-state index contributed by atoms with van der Waals surface area (Å²) >= 11 is 0. The SMILES string of the molecule is CCC1CCN(S(=O)(=O)c2ccccc2C#CCO)C1. The van der Waals surface area contributed by atoms with Crippen molar-refractivity contribution in [3.8, 4) is 11.8 Å². The molecule has 5 heteroatoms. The van der Waals surface area contributed by atoms with Crippen LogP contribution in [0, 0.1) is 17.8 Å². The highest BCUT2D eigenvalue weighted by molar-refractivity contribution is 7.89. The van der Waals surface area contributed by atoms with E-state index in [2.05, 4.69) is 18.8 Å². The Hall–Kier alpha value is -1.35. The molecule has 1 aromatic rings. The number of aliphatic hydroxyl groups excluding tert-OH is 1. The molecular weight excluding hydrogens is 274 g/mol. The van der Waals surface area contributed by atoms with Crippen molar-refractivity contribution in [2.24, 2.45) is 5.92 Å². The molecule has 0 saturated carbocycles. The zero-order valence-corrected chi connectivity index (χ0v) is 12.4. The smallest absolute Gasteiger partial charge is 0.244 e. The molecule has 1 N–H and O–H groups in total. The zero-order chi connectivity index (χ0) is 14.6. The molecule has 0 bridgehead atoms. The molecule has 1 aromatic carbocycles. The molecule has 2 rings (SSSR count). The first kappa shape index (κ1) is 15.0. The van der Waals surface area contributed by atoms with Crippen LogP contribution in [0.4, 0.5) is 0 Å². The van der Waals surface area contributed by atoms with Gasteiger partial charge in [-0.05, 0) is 24.5 Å². The van der Waals surface area contributed by atoms with Gasteiger partial charge >= 0.3 is 0 Å². The molecule has 0 radical (unpaired) electrons. The highest BCUT2D eigenvalue weighted by Crippen LogP contribution is 2.27. The summed E-state index contributed by atoms with van der Waals surface area (Å²) in [6.07, 6.45) is 1.91. The van der Waals surface area contributed by atoms with E-state index in [-0.39, 0.29) is 11.5 Å². The summed E-state index contributed by atoms with van der Waals surface area (Å²) < 4.78 is 26.9. The third kappa shape index (κ3) is 3.04. The maximum absolute atomic E-state index is 12.7. The van der Waals surface area contributed by atoms with Gasteiger partial charge in [-0.3, -0.25) is 0 Å². The fourth-order valence-corrected chi connectivity index (χ4v) is 4.10. The molecule has 1 unspecified atom stereocenters. The number of nitrogens with zero attached hydrogens (tertiary/aromatic N) is 1. The Bertz CT molecular complexity index is 628. The molecule has 0 aromatic heterocycles. The number of rotatable bonds is 3. The predicted octanol–water partition coefficient (Wildman–Crippen LogP) is 1.45. The largest absolute Gasteiger partial charge is 0.384 e. The first-order valence-electron chi connectivity index (χ1n) is 6.78. The summed E-state index contributed by atoms with van der Waals surface area (Å²) in [5.41, 5.74) is 0.446. The summed E-state index contributed by atoms with van der Waals surface area (Å²) in [4.78, 5) is 0.234. The first-order valence-corrected chi connectivity index (χ1v) is 8.22. The molecule has 0 amide bonds. The van der Waals surface area contributed by atoms with Crippen LogP contribution in [0.2, 0.25) is 0 Å². The third-order valence-corrected chi connectivity index (χ3v) is 5.56. The van der Waals surface area contributed by atoms with Crippen molar-refractivity contribution in [3.63, 3.8) is 0 Å². The quantitative estimate of drug-likeness (QED) is 0.858. The molecule has 1 heterocycles. The lowest BCUT2D eigenvalue weighted by atomic mass is 10.1. The molecular formula is C15H19NO3S. The summed E-state index contributed by atoms with van der Waals surface area (Å²) in [7, 11) is -3.49. The number of hydrogen-bond acceptors (Lipinski definition) is 3. The average Bonchev–Trinajstić information content (AvgIpc) is 2.95.